The first-order valence-electron chi connectivity index (χ1n) is 5.65. The lowest BCUT2D eigenvalue weighted by atomic mass is 10.2. The molecule has 1 atom stereocenters. The average Bonchev–Trinajstić information content (AvgIpc) is 2.84. The van der Waals surface area contributed by atoms with Crippen molar-refractivity contribution < 1.29 is 14.5 Å². The number of anilines is 1. The molecule has 102 valence electrons. The Bertz CT molecular complexity index is 503. The third-order valence-electron chi connectivity index (χ3n) is 2.67. The molecule has 0 aliphatic carbocycles. The van der Waals surface area contributed by atoms with E-state index in [4.69, 9.17) is 4.74 Å². The van der Waals surface area contributed by atoms with Gasteiger partial charge >= 0.3 is 6.03 Å². The maximum atomic E-state index is 11.7. The van der Waals surface area contributed by atoms with E-state index in [-0.39, 0.29) is 11.7 Å². The van der Waals surface area contributed by atoms with Crippen LogP contribution in [-0.4, -0.2) is 30.2 Å². The van der Waals surface area contributed by atoms with E-state index in [0.717, 1.165) is 6.42 Å². The highest BCUT2D eigenvalue weighted by Crippen LogP contribution is 2.27. The summed E-state index contributed by atoms with van der Waals surface area (Å²) >= 11 is 3.08. The maximum absolute atomic E-state index is 11.7. The van der Waals surface area contributed by atoms with Gasteiger partial charge in [-0.3, -0.25) is 10.1 Å². The predicted molar refractivity (Wildman–Crippen MR) is 72.2 cm³/mol. The molecule has 0 saturated carbocycles. The molecule has 19 heavy (non-hydrogen) atoms. The third-order valence-corrected chi connectivity index (χ3v) is 3.34. The second-order valence-corrected chi connectivity index (χ2v) is 4.94. The lowest BCUT2D eigenvalue weighted by Crippen LogP contribution is -2.38. The number of nitro groups is 1. The van der Waals surface area contributed by atoms with Crippen LogP contribution in [0.4, 0.5) is 16.2 Å². The number of hydrogen-bond acceptors (Lipinski definition) is 4. The van der Waals surface area contributed by atoms with Crippen molar-refractivity contribution in [2.75, 3.05) is 18.5 Å². The Balaban J connectivity index is 2.00. The number of ether oxygens (including phenoxy) is 1. The fourth-order valence-electron chi connectivity index (χ4n) is 1.73. The summed E-state index contributed by atoms with van der Waals surface area (Å²) in [6.45, 7) is 1.13. The molecule has 0 radical (unpaired) electrons. The Morgan fingerprint density at radius 1 is 1.53 bits per heavy atom. The SMILES string of the molecule is O=C(Nc1ccc(Br)c([N+](=O)[O-])c1)NC1CCOC1. The summed E-state index contributed by atoms with van der Waals surface area (Å²) < 4.78 is 5.50. The molecule has 7 nitrogen and oxygen atoms in total. The van der Waals surface area contributed by atoms with Crippen molar-refractivity contribution in [1.82, 2.24) is 5.32 Å². The monoisotopic (exact) mass is 329 g/mol. The Morgan fingerprint density at radius 3 is 2.95 bits per heavy atom. The lowest BCUT2D eigenvalue weighted by Gasteiger charge is -2.11. The van der Waals surface area contributed by atoms with Gasteiger partial charge in [0, 0.05) is 18.4 Å². The van der Waals surface area contributed by atoms with E-state index < -0.39 is 11.0 Å². The van der Waals surface area contributed by atoms with Crippen LogP contribution in [0.1, 0.15) is 6.42 Å². The number of hydrogen-bond donors (Lipinski definition) is 2. The quantitative estimate of drug-likeness (QED) is 0.657. The largest absolute Gasteiger partial charge is 0.379 e. The van der Waals surface area contributed by atoms with Crippen LogP contribution in [0, 0.1) is 10.1 Å². The number of carbonyl (C=O) groups is 1. The summed E-state index contributed by atoms with van der Waals surface area (Å²) in [7, 11) is 0. The van der Waals surface area contributed by atoms with Gasteiger partial charge in [-0.05, 0) is 34.5 Å². The van der Waals surface area contributed by atoms with E-state index in [1.165, 1.54) is 12.1 Å². The molecule has 1 saturated heterocycles. The molecule has 2 N–H and O–H groups in total. The molecule has 1 unspecified atom stereocenters. The third kappa shape index (κ3) is 3.65. The zero-order valence-electron chi connectivity index (χ0n) is 9.89. The fourth-order valence-corrected chi connectivity index (χ4v) is 2.12. The number of carbonyl (C=O) groups excluding carboxylic acids is 1. The maximum Gasteiger partial charge on any atom is 0.319 e. The zero-order chi connectivity index (χ0) is 13.8. The molecular formula is C11H12BrN3O4. The van der Waals surface area contributed by atoms with Crippen molar-refractivity contribution in [2.45, 2.75) is 12.5 Å². The molecule has 0 spiro atoms. The summed E-state index contributed by atoms with van der Waals surface area (Å²) in [4.78, 5) is 21.9. The van der Waals surface area contributed by atoms with Crippen LogP contribution in [0.25, 0.3) is 0 Å². The van der Waals surface area contributed by atoms with E-state index in [9.17, 15) is 14.9 Å². The fraction of sp³-hybridized carbons (Fsp3) is 0.364. The molecular weight excluding hydrogens is 318 g/mol. The van der Waals surface area contributed by atoms with Gasteiger partial charge < -0.3 is 15.4 Å². The summed E-state index contributed by atoms with van der Waals surface area (Å²) in [5.74, 6) is 0. The minimum Gasteiger partial charge on any atom is -0.379 e. The van der Waals surface area contributed by atoms with Crippen molar-refractivity contribution in [3.05, 3.63) is 32.8 Å². The molecule has 0 aromatic heterocycles. The highest BCUT2D eigenvalue weighted by Gasteiger charge is 2.18. The van der Waals surface area contributed by atoms with Crippen molar-refractivity contribution in [3.8, 4) is 0 Å². The molecule has 1 aliphatic rings. The summed E-state index contributed by atoms with van der Waals surface area (Å²) in [6.07, 6.45) is 0.772. The molecule has 8 heteroatoms. The molecule has 1 aromatic carbocycles. The number of halogens is 1. The number of nitrogens with zero attached hydrogens (tertiary/aromatic N) is 1. The van der Waals surface area contributed by atoms with E-state index >= 15 is 0 Å². The van der Waals surface area contributed by atoms with Crippen LogP contribution in [-0.2, 0) is 4.74 Å². The number of urea groups is 1. The number of amides is 2. The van der Waals surface area contributed by atoms with Gasteiger partial charge in [-0.2, -0.15) is 0 Å². The highest BCUT2D eigenvalue weighted by atomic mass is 79.9. The van der Waals surface area contributed by atoms with Gasteiger partial charge in [0.1, 0.15) is 0 Å². The van der Waals surface area contributed by atoms with Crippen LogP contribution < -0.4 is 10.6 Å². The van der Waals surface area contributed by atoms with Crippen LogP contribution in [0.15, 0.2) is 22.7 Å². The van der Waals surface area contributed by atoms with E-state index in [1.54, 1.807) is 6.07 Å². The Labute approximate surface area is 117 Å². The van der Waals surface area contributed by atoms with Gasteiger partial charge in [0.2, 0.25) is 0 Å². The second kappa shape index (κ2) is 5.98. The van der Waals surface area contributed by atoms with Gasteiger partial charge in [0.15, 0.2) is 0 Å². The van der Waals surface area contributed by atoms with Gasteiger partial charge in [-0.15, -0.1) is 0 Å². The first kappa shape index (κ1) is 13.8. The first-order chi connectivity index (χ1) is 9.06. The Hall–Kier alpha value is -1.67. The first-order valence-corrected chi connectivity index (χ1v) is 6.45. The van der Waals surface area contributed by atoms with E-state index in [0.29, 0.717) is 23.4 Å². The van der Waals surface area contributed by atoms with Crippen LogP contribution in [0.3, 0.4) is 0 Å². The molecule has 1 aromatic rings. The molecule has 2 amide bonds. The number of benzene rings is 1. The minimum atomic E-state index is -0.516. The van der Waals surface area contributed by atoms with Crippen molar-refractivity contribution >= 4 is 33.3 Å². The van der Waals surface area contributed by atoms with E-state index in [2.05, 4.69) is 26.6 Å². The predicted octanol–water partition coefficient (Wildman–Crippen LogP) is 2.27. The van der Waals surface area contributed by atoms with E-state index in [1.807, 2.05) is 0 Å². The number of rotatable bonds is 3. The van der Waals surface area contributed by atoms with Crippen molar-refractivity contribution in [3.63, 3.8) is 0 Å². The normalized spacial score (nSPS) is 18.1. The van der Waals surface area contributed by atoms with Gasteiger partial charge in [0.05, 0.1) is 22.0 Å². The van der Waals surface area contributed by atoms with Gasteiger partial charge in [-0.25, -0.2) is 4.79 Å². The van der Waals surface area contributed by atoms with Gasteiger partial charge in [0.25, 0.3) is 5.69 Å². The van der Waals surface area contributed by atoms with Gasteiger partial charge in [-0.1, -0.05) is 0 Å². The molecule has 1 heterocycles. The zero-order valence-corrected chi connectivity index (χ0v) is 11.5. The second-order valence-electron chi connectivity index (χ2n) is 4.08. The lowest BCUT2D eigenvalue weighted by molar-refractivity contribution is -0.385. The Kier molecular flexibility index (Phi) is 4.33. The van der Waals surface area contributed by atoms with Crippen molar-refractivity contribution in [2.24, 2.45) is 0 Å². The molecule has 1 aliphatic heterocycles. The molecule has 0 bridgehead atoms. The highest BCUT2D eigenvalue weighted by molar-refractivity contribution is 9.10. The minimum absolute atomic E-state index is 0.00886. The molecule has 1 fully saturated rings. The smallest absolute Gasteiger partial charge is 0.319 e. The number of nitro benzene ring substituents is 1. The standard InChI is InChI=1S/C11H12BrN3O4/c12-9-2-1-7(5-10(9)15(17)18)13-11(16)14-8-3-4-19-6-8/h1-2,5,8H,3-4,6H2,(H2,13,14,16). The van der Waals surface area contributed by atoms with Crippen LogP contribution in [0.2, 0.25) is 0 Å². The Morgan fingerprint density at radius 2 is 2.32 bits per heavy atom. The number of nitrogens with one attached hydrogen (secondary N) is 2. The average molecular weight is 330 g/mol. The van der Waals surface area contributed by atoms with Crippen molar-refractivity contribution in [1.29, 1.82) is 0 Å². The molecule has 2 rings (SSSR count). The van der Waals surface area contributed by atoms with Crippen LogP contribution >= 0.6 is 15.9 Å². The summed E-state index contributed by atoms with van der Waals surface area (Å²) in [5, 5.41) is 16.1. The van der Waals surface area contributed by atoms with Crippen LogP contribution in [0.5, 0.6) is 0 Å². The summed E-state index contributed by atoms with van der Waals surface area (Å²) in [6, 6.07) is 4.00. The summed E-state index contributed by atoms with van der Waals surface area (Å²) in [5.41, 5.74) is 0.272. The topological polar surface area (TPSA) is 93.5 Å².